The molecule has 1 spiro atoms. The van der Waals surface area contributed by atoms with Crippen molar-refractivity contribution in [3.8, 4) is 0 Å². The van der Waals surface area contributed by atoms with Crippen molar-refractivity contribution in [1.29, 1.82) is 0 Å². The Balaban J connectivity index is 1.98. The van der Waals surface area contributed by atoms with E-state index >= 15 is 0 Å². The van der Waals surface area contributed by atoms with E-state index in [1.165, 1.54) is 38.1 Å². The van der Waals surface area contributed by atoms with Crippen molar-refractivity contribution in [1.82, 2.24) is 5.32 Å². The molecular formula is C8H14NS. The van der Waals surface area contributed by atoms with Gasteiger partial charge in [-0.3, -0.25) is 0 Å². The van der Waals surface area contributed by atoms with Crippen molar-refractivity contribution in [2.45, 2.75) is 24.0 Å². The molecule has 57 valence electrons. The maximum atomic E-state index is 3.47. The van der Waals surface area contributed by atoms with Gasteiger partial charge in [-0.2, -0.15) is 11.8 Å². The Morgan fingerprint density at radius 3 is 3.10 bits per heavy atom. The standard InChI is InChI=1S/C8H14NS/c1-2-4-8(3-1)7-9-5-6-10-8/h3,9H,1-2,4-7H2. The minimum Gasteiger partial charge on any atom is -0.315 e. The van der Waals surface area contributed by atoms with Gasteiger partial charge in [0.25, 0.3) is 0 Å². The van der Waals surface area contributed by atoms with Crippen LogP contribution in [0.3, 0.4) is 0 Å². The van der Waals surface area contributed by atoms with Crippen LogP contribution in [0.2, 0.25) is 0 Å². The third kappa shape index (κ3) is 1.19. The summed E-state index contributed by atoms with van der Waals surface area (Å²) in [7, 11) is 0. The summed E-state index contributed by atoms with van der Waals surface area (Å²) in [6.07, 6.45) is 6.68. The van der Waals surface area contributed by atoms with Crippen molar-refractivity contribution < 1.29 is 0 Å². The zero-order chi connectivity index (χ0) is 6.86. The number of thioether (sulfide) groups is 1. The maximum absolute atomic E-state index is 3.47. The van der Waals surface area contributed by atoms with Gasteiger partial charge >= 0.3 is 0 Å². The predicted octanol–water partition coefficient (Wildman–Crippen LogP) is 1.45. The SMILES string of the molecule is [CH]1CCCC12CNCCS2. The predicted molar refractivity (Wildman–Crippen MR) is 46.2 cm³/mol. The zero-order valence-electron chi connectivity index (χ0n) is 6.23. The van der Waals surface area contributed by atoms with Crippen molar-refractivity contribution in [2.75, 3.05) is 18.8 Å². The van der Waals surface area contributed by atoms with Crippen LogP contribution in [-0.4, -0.2) is 23.6 Å². The quantitative estimate of drug-likeness (QED) is 0.569. The fourth-order valence-corrected chi connectivity index (χ4v) is 3.22. The van der Waals surface area contributed by atoms with Gasteiger partial charge in [-0.25, -0.2) is 0 Å². The summed E-state index contributed by atoms with van der Waals surface area (Å²) < 4.78 is 0.554. The van der Waals surface area contributed by atoms with E-state index in [1.54, 1.807) is 0 Å². The minimum atomic E-state index is 0.554. The molecule has 1 saturated heterocycles. The fourth-order valence-electron chi connectivity index (χ4n) is 1.84. The molecule has 0 aromatic rings. The normalized spacial score (nSPS) is 31.2. The molecule has 0 amide bonds. The second-order valence-electron chi connectivity index (χ2n) is 3.19. The second kappa shape index (κ2) is 2.74. The Hall–Kier alpha value is 0.310. The van der Waals surface area contributed by atoms with E-state index < -0.39 is 0 Å². The molecule has 2 rings (SSSR count). The molecule has 2 heteroatoms. The Bertz CT molecular complexity index is 110. The van der Waals surface area contributed by atoms with Crippen LogP contribution in [0.1, 0.15) is 19.3 Å². The van der Waals surface area contributed by atoms with Gasteiger partial charge in [-0.05, 0) is 19.3 Å². The highest BCUT2D eigenvalue weighted by Crippen LogP contribution is 2.41. The maximum Gasteiger partial charge on any atom is 0.0316 e. The first-order chi connectivity index (χ1) is 4.91. The lowest BCUT2D eigenvalue weighted by atomic mass is 10.1. The topological polar surface area (TPSA) is 12.0 Å². The Morgan fingerprint density at radius 2 is 2.50 bits per heavy atom. The molecule has 0 bridgehead atoms. The average molecular weight is 156 g/mol. The number of hydrogen-bond donors (Lipinski definition) is 1. The van der Waals surface area contributed by atoms with Crippen LogP contribution in [0.4, 0.5) is 0 Å². The molecule has 1 aliphatic carbocycles. The summed E-state index contributed by atoms with van der Waals surface area (Å²) in [6.45, 7) is 2.43. The zero-order valence-corrected chi connectivity index (χ0v) is 7.04. The van der Waals surface area contributed by atoms with E-state index in [2.05, 4.69) is 23.5 Å². The lowest BCUT2D eigenvalue weighted by molar-refractivity contribution is 0.576. The van der Waals surface area contributed by atoms with Crippen LogP contribution in [-0.2, 0) is 0 Å². The molecule has 0 aromatic carbocycles. The molecule has 1 saturated carbocycles. The van der Waals surface area contributed by atoms with Gasteiger partial charge in [0.15, 0.2) is 0 Å². The molecule has 2 aliphatic rings. The third-order valence-corrected chi connectivity index (χ3v) is 3.91. The Morgan fingerprint density at radius 1 is 1.50 bits per heavy atom. The summed E-state index contributed by atoms with van der Waals surface area (Å²) in [6, 6.07) is 0. The Kier molecular flexibility index (Phi) is 1.92. The van der Waals surface area contributed by atoms with Crippen LogP contribution >= 0.6 is 11.8 Å². The van der Waals surface area contributed by atoms with E-state index in [0.717, 1.165) is 0 Å². The van der Waals surface area contributed by atoms with Crippen LogP contribution in [0, 0.1) is 6.42 Å². The van der Waals surface area contributed by atoms with Crippen LogP contribution in [0.5, 0.6) is 0 Å². The molecule has 1 heterocycles. The first-order valence-corrected chi connectivity index (χ1v) is 5.09. The highest BCUT2D eigenvalue weighted by atomic mass is 32.2. The molecule has 1 atom stereocenters. The second-order valence-corrected chi connectivity index (χ2v) is 4.70. The van der Waals surface area contributed by atoms with Gasteiger partial charge in [0.05, 0.1) is 0 Å². The highest BCUT2D eigenvalue weighted by molar-refractivity contribution is 8.00. The fraction of sp³-hybridized carbons (Fsp3) is 0.875. The molecule has 1 aliphatic heterocycles. The van der Waals surface area contributed by atoms with E-state index in [9.17, 15) is 0 Å². The highest BCUT2D eigenvalue weighted by Gasteiger charge is 2.35. The molecular weight excluding hydrogens is 142 g/mol. The van der Waals surface area contributed by atoms with Gasteiger partial charge < -0.3 is 5.32 Å². The number of rotatable bonds is 0. The third-order valence-electron chi connectivity index (χ3n) is 2.41. The summed E-state index contributed by atoms with van der Waals surface area (Å²) in [4.78, 5) is 0. The summed E-state index contributed by atoms with van der Waals surface area (Å²) in [5.74, 6) is 1.30. The first-order valence-electron chi connectivity index (χ1n) is 4.10. The number of nitrogens with one attached hydrogen (secondary N) is 1. The summed E-state index contributed by atoms with van der Waals surface area (Å²) in [5.41, 5.74) is 0. The van der Waals surface area contributed by atoms with Crippen molar-refractivity contribution in [3.63, 3.8) is 0 Å². The van der Waals surface area contributed by atoms with E-state index in [1.807, 2.05) is 0 Å². The van der Waals surface area contributed by atoms with Gasteiger partial charge in [-0.15, -0.1) is 0 Å². The molecule has 10 heavy (non-hydrogen) atoms. The Labute approximate surface area is 67.0 Å². The first kappa shape index (κ1) is 6.99. The minimum absolute atomic E-state index is 0.554. The molecule has 1 unspecified atom stereocenters. The summed E-state index contributed by atoms with van der Waals surface area (Å²) in [5, 5.41) is 3.47. The van der Waals surface area contributed by atoms with Crippen molar-refractivity contribution in [2.24, 2.45) is 0 Å². The van der Waals surface area contributed by atoms with E-state index in [0.29, 0.717) is 4.75 Å². The van der Waals surface area contributed by atoms with Gasteiger partial charge in [0.2, 0.25) is 0 Å². The molecule has 0 aromatic heterocycles. The lowest BCUT2D eigenvalue weighted by Gasteiger charge is -2.32. The molecule has 1 N–H and O–H groups in total. The largest absolute Gasteiger partial charge is 0.315 e. The smallest absolute Gasteiger partial charge is 0.0316 e. The average Bonchev–Trinajstić information content (AvgIpc) is 2.39. The number of hydrogen-bond acceptors (Lipinski definition) is 2. The van der Waals surface area contributed by atoms with Gasteiger partial charge in [-0.1, -0.05) is 6.42 Å². The van der Waals surface area contributed by atoms with Crippen LogP contribution in [0.15, 0.2) is 0 Å². The van der Waals surface area contributed by atoms with Crippen LogP contribution < -0.4 is 5.32 Å². The van der Waals surface area contributed by atoms with Gasteiger partial charge in [0.1, 0.15) is 0 Å². The van der Waals surface area contributed by atoms with Crippen molar-refractivity contribution >= 4 is 11.8 Å². The van der Waals surface area contributed by atoms with E-state index in [4.69, 9.17) is 0 Å². The van der Waals surface area contributed by atoms with Crippen LogP contribution in [0.25, 0.3) is 0 Å². The molecule has 1 nitrogen and oxygen atoms in total. The van der Waals surface area contributed by atoms with E-state index in [-0.39, 0.29) is 0 Å². The monoisotopic (exact) mass is 156 g/mol. The lowest BCUT2D eigenvalue weighted by Crippen LogP contribution is -2.41. The molecule has 1 radical (unpaired) electrons. The molecule has 2 fully saturated rings. The van der Waals surface area contributed by atoms with Crippen molar-refractivity contribution in [3.05, 3.63) is 6.42 Å². The van der Waals surface area contributed by atoms with Gasteiger partial charge in [0, 0.05) is 23.6 Å². The summed E-state index contributed by atoms with van der Waals surface area (Å²) >= 11 is 2.16.